The summed E-state index contributed by atoms with van der Waals surface area (Å²) in [6.45, 7) is 1.35. The van der Waals surface area contributed by atoms with Gasteiger partial charge in [-0.05, 0) is 31.5 Å². The number of hydrogen-bond donors (Lipinski definition) is 1. The van der Waals surface area contributed by atoms with E-state index in [2.05, 4.69) is 15.2 Å². The summed E-state index contributed by atoms with van der Waals surface area (Å²) in [7, 11) is 1.59. The van der Waals surface area contributed by atoms with E-state index in [0.29, 0.717) is 18.3 Å². The van der Waals surface area contributed by atoms with Crippen LogP contribution in [-0.2, 0) is 17.9 Å². The Hall–Kier alpha value is -1.86. The maximum Gasteiger partial charge on any atom is 0.167 e. The zero-order valence-corrected chi connectivity index (χ0v) is 13.1. The Kier molecular flexibility index (Phi) is 4.97. The molecule has 1 fully saturated rings. The third-order valence-corrected chi connectivity index (χ3v) is 4.16. The number of piperidine rings is 1. The van der Waals surface area contributed by atoms with Gasteiger partial charge in [0.1, 0.15) is 18.2 Å². The lowest BCUT2D eigenvalue weighted by Gasteiger charge is -2.34. The summed E-state index contributed by atoms with van der Waals surface area (Å²) in [5.41, 5.74) is 0.104. The molecule has 1 atom stereocenters. The van der Waals surface area contributed by atoms with Crippen LogP contribution in [0.3, 0.4) is 0 Å². The number of aromatic nitrogens is 3. The zero-order chi connectivity index (χ0) is 16.2. The van der Waals surface area contributed by atoms with Gasteiger partial charge in [-0.3, -0.25) is 10.00 Å². The fourth-order valence-corrected chi connectivity index (χ4v) is 3.02. The molecule has 1 aromatic carbocycles. The highest BCUT2D eigenvalue weighted by molar-refractivity contribution is 5.20. The van der Waals surface area contributed by atoms with Crippen molar-refractivity contribution in [3.05, 3.63) is 47.0 Å². The van der Waals surface area contributed by atoms with Crippen molar-refractivity contribution in [2.45, 2.75) is 38.5 Å². The van der Waals surface area contributed by atoms with E-state index in [9.17, 15) is 8.78 Å². The van der Waals surface area contributed by atoms with E-state index in [1.807, 2.05) is 4.90 Å². The maximum absolute atomic E-state index is 13.9. The minimum absolute atomic E-state index is 0.0374. The monoisotopic (exact) mass is 322 g/mol. The number of ether oxygens (including phenoxy) is 1. The molecule has 5 nitrogen and oxygen atoms in total. The summed E-state index contributed by atoms with van der Waals surface area (Å²) in [5, 5.41) is 7.10. The minimum atomic E-state index is -0.510. The summed E-state index contributed by atoms with van der Waals surface area (Å²) in [5.74, 6) is 0.298. The second-order valence-corrected chi connectivity index (χ2v) is 5.76. The molecule has 0 spiro atoms. The molecule has 1 aromatic heterocycles. The molecule has 124 valence electrons. The summed E-state index contributed by atoms with van der Waals surface area (Å²) in [6.07, 6.45) is 2.93. The van der Waals surface area contributed by atoms with Crippen molar-refractivity contribution in [3.8, 4) is 0 Å². The summed E-state index contributed by atoms with van der Waals surface area (Å²) >= 11 is 0. The van der Waals surface area contributed by atoms with Gasteiger partial charge < -0.3 is 4.74 Å². The third-order valence-electron chi connectivity index (χ3n) is 4.16. The number of halogens is 2. The van der Waals surface area contributed by atoms with Gasteiger partial charge in [0, 0.05) is 19.2 Å². The lowest BCUT2D eigenvalue weighted by molar-refractivity contribution is 0.130. The Morgan fingerprint density at radius 3 is 2.83 bits per heavy atom. The Bertz CT molecular complexity index is 641. The van der Waals surface area contributed by atoms with Gasteiger partial charge in [-0.15, -0.1) is 0 Å². The average molecular weight is 322 g/mol. The molecule has 1 aliphatic rings. The van der Waals surface area contributed by atoms with Crippen LogP contribution in [0, 0.1) is 11.6 Å². The molecule has 0 radical (unpaired) electrons. The Morgan fingerprint density at radius 1 is 1.30 bits per heavy atom. The first-order valence-corrected chi connectivity index (χ1v) is 7.76. The number of nitrogens with one attached hydrogen (secondary N) is 1. The molecular formula is C16H20F2N4O. The number of methoxy groups -OCH3 is 1. The molecule has 23 heavy (non-hydrogen) atoms. The highest BCUT2D eigenvalue weighted by Gasteiger charge is 2.28. The van der Waals surface area contributed by atoms with Gasteiger partial charge in [0.2, 0.25) is 0 Å². The van der Waals surface area contributed by atoms with Crippen LogP contribution < -0.4 is 0 Å². The number of rotatable bonds is 5. The van der Waals surface area contributed by atoms with Gasteiger partial charge in [0.15, 0.2) is 11.6 Å². The first-order chi connectivity index (χ1) is 11.2. The quantitative estimate of drug-likeness (QED) is 0.919. The SMILES string of the molecule is COCc1nc([C@H]2CCCCN2Cc2c(F)cccc2F)n[nH]1. The van der Waals surface area contributed by atoms with Crippen LogP contribution in [0.2, 0.25) is 0 Å². The van der Waals surface area contributed by atoms with E-state index in [-0.39, 0.29) is 18.2 Å². The molecule has 0 aliphatic carbocycles. The Balaban J connectivity index is 1.81. The number of nitrogens with zero attached hydrogens (tertiary/aromatic N) is 3. The van der Waals surface area contributed by atoms with Crippen molar-refractivity contribution in [2.75, 3.05) is 13.7 Å². The van der Waals surface area contributed by atoms with Gasteiger partial charge in [-0.25, -0.2) is 13.8 Å². The van der Waals surface area contributed by atoms with Gasteiger partial charge >= 0.3 is 0 Å². The topological polar surface area (TPSA) is 54.0 Å². The molecule has 1 saturated heterocycles. The highest BCUT2D eigenvalue weighted by Crippen LogP contribution is 2.31. The molecule has 2 heterocycles. The van der Waals surface area contributed by atoms with Crippen molar-refractivity contribution < 1.29 is 13.5 Å². The fraction of sp³-hybridized carbons (Fsp3) is 0.500. The normalized spacial score (nSPS) is 19.2. The van der Waals surface area contributed by atoms with Crippen LogP contribution >= 0.6 is 0 Å². The van der Waals surface area contributed by atoms with Crippen molar-refractivity contribution in [3.63, 3.8) is 0 Å². The van der Waals surface area contributed by atoms with Crippen molar-refractivity contribution in [1.82, 2.24) is 20.1 Å². The van der Waals surface area contributed by atoms with E-state index in [1.165, 1.54) is 18.2 Å². The van der Waals surface area contributed by atoms with Crippen molar-refractivity contribution >= 4 is 0 Å². The summed E-state index contributed by atoms with van der Waals surface area (Å²) < 4.78 is 32.9. The van der Waals surface area contributed by atoms with Gasteiger partial charge in [0.25, 0.3) is 0 Å². The second-order valence-electron chi connectivity index (χ2n) is 5.76. The minimum Gasteiger partial charge on any atom is -0.377 e. The predicted octanol–water partition coefficient (Wildman–Crippen LogP) is 2.96. The molecule has 0 saturated carbocycles. The van der Waals surface area contributed by atoms with Crippen LogP contribution in [0.25, 0.3) is 0 Å². The van der Waals surface area contributed by atoms with E-state index < -0.39 is 11.6 Å². The van der Waals surface area contributed by atoms with Crippen molar-refractivity contribution in [1.29, 1.82) is 0 Å². The molecule has 3 rings (SSSR count). The predicted molar refractivity (Wildman–Crippen MR) is 80.5 cm³/mol. The average Bonchev–Trinajstić information content (AvgIpc) is 3.00. The number of benzene rings is 1. The van der Waals surface area contributed by atoms with Gasteiger partial charge in [0.05, 0.1) is 6.04 Å². The van der Waals surface area contributed by atoms with E-state index in [4.69, 9.17) is 4.74 Å². The molecule has 0 bridgehead atoms. The van der Waals surface area contributed by atoms with Crippen molar-refractivity contribution in [2.24, 2.45) is 0 Å². The molecule has 1 N–H and O–H groups in total. The molecule has 2 aromatic rings. The molecule has 0 amide bonds. The lowest BCUT2D eigenvalue weighted by Crippen LogP contribution is -2.34. The van der Waals surface area contributed by atoms with E-state index >= 15 is 0 Å². The molecule has 1 aliphatic heterocycles. The van der Waals surface area contributed by atoms with Gasteiger partial charge in [-0.1, -0.05) is 12.5 Å². The first-order valence-electron chi connectivity index (χ1n) is 7.76. The Labute approximate surface area is 133 Å². The summed E-state index contributed by atoms with van der Waals surface area (Å²) in [6, 6.07) is 3.93. The van der Waals surface area contributed by atoms with E-state index in [1.54, 1.807) is 7.11 Å². The number of aromatic amines is 1. The Morgan fingerprint density at radius 2 is 2.09 bits per heavy atom. The summed E-state index contributed by atoms with van der Waals surface area (Å²) in [4.78, 5) is 6.49. The van der Waals surface area contributed by atoms with Crippen LogP contribution in [-0.4, -0.2) is 33.7 Å². The molecule has 7 heteroatoms. The van der Waals surface area contributed by atoms with Crippen LogP contribution in [0.1, 0.15) is 42.5 Å². The van der Waals surface area contributed by atoms with E-state index in [0.717, 1.165) is 25.8 Å². The fourth-order valence-electron chi connectivity index (χ4n) is 3.02. The van der Waals surface area contributed by atoms with Crippen LogP contribution in [0.5, 0.6) is 0 Å². The number of likely N-dealkylation sites (tertiary alicyclic amines) is 1. The standard InChI is InChI=1S/C16H20F2N4O/c1-23-10-15-19-16(21-20-15)14-7-2-3-8-22(14)9-11-12(17)5-4-6-13(11)18/h4-6,14H,2-3,7-10H2,1H3,(H,19,20,21)/t14-/m1/s1. The van der Waals surface area contributed by atoms with Gasteiger partial charge in [-0.2, -0.15) is 5.10 Å². The second kappa shape index (κ2) is 7.14. The maximum atomic E-state index is 13.9. The van der Waals surface area contributed by atoms with Crippen LogP contribution in [0.4, 0.5) is 8.78 Å². The highest BCUT2D eigenvalue weighted by atomic mass is 19.1. The smallest absolute Gasteiger partial charge is 0.167 e. The third kappa shape index (κ3) is 3.56. The molecular weight excluding hydrogens is 302 g/mol. The van der Waals surface area contributed by atoms with Crippen LogP contribution in [0.15, 0.2) is 18.2 Å². The number of H-pyrrole nitrogens is 1. The molecule has 0 unspecified atom stereocenters. The zero-order valence-electron chi connectivity index (χ0n) is 13.1. The number of hydrogen-bond acceptors (Lipinski definition) is 4. The first kappa shape index (κ1) is 16.0. The lowest BCUT2D eigenvalue weighted by atomic mass is 10.0. The largest absolute Gasteiger partial charge is 0.377 e.